The number of hydrogen-bond donors (Lipinski definition) is 1. The van der Waals surface area contributed by atoms with E-state index < -0.39 is 0 Å². The largest absolute Gasteiger partial charge is 0.331 e. The van der Waals surface area contributed by atoms with Gasteiger partial charge in [-0.3, -0.25) is 0 Å². The quantitative estimate of drug-likeness (QED) is 0.551. The Kier molecular flexibility index (Phi) is 4.45. The topological polar surface area (TPSA) is 24.9 Å². The monoisotopic (exact) mass is 382 g/mol. The van der Waals surface area contributed by atoms with Crippen molar-refractivity contribution in [3.63, 3.8) is 0 Å². The summed E-state index contributed by atoms with van der Waals surface area (Å²) in [5, 5.41) is 8.47. The third-order valence-corrected chi connectivity index (χ3v) is 6.25. The molecular weight excluding hydrogens is 372 g/mol. The first-order valence-electron chi connectivity index (χ1n) is 5.87. The Hall–Kier alpha value is -0.820. The summed E-state index contributed by atoms with van der Waals surface area (Å²) in [7, 11) is 0. The van der Waals surface area contributed by atoms with E-state index in [1.807, 2.05) is 24.3 Å². The van der Waals surface area contributed by atoms with Crippen molar-refractivity contribution >= 4 is 61.2 Å². The molecule has 3 rings (SSSR count). The molecule has 0 radical (unpaired) electrons. The second-order valence-electron chi connectivity index (χ2n) is 3.97. The van der Waals surface area contributed by atoms with Gasteiger partial charge in [0.25, 0.3) is 0 Å². The van der Waals surface area contributed by atoms with E-state index in [4.69, 9.17) is 0 Å². The third-order valence-electron chi connectivity index (χ3n) is 2.71. The summed E-state index contributed by atoms with van der Waals surface area (Å²) in [6.07, 6.45) is 2.10. The van der Waals surface area contributed by atoms with E-state index in [-0.39, 0.29) is 0 Å². The van der Waals surface area contributed by atoms with Crippen molar-refractivity contribution in [1.82, 2.24) is 4.98 Å². The summed E-state index contributed by atoms with van der Waals surface area (Å²) in [4.78, 5) is 4.68. The fourth-order valence-corrected chi connectivity index (χ4v) is 4.45. The molecule has 102 valence electrons. The minimum absolute atomic E-state index is 0.908. The Bertz CT molecular complexity index is 721. The molecule has 0 aliphatic rings. The summed E-state index contributed by atoms with van der Waals surface area (Å²) in [5.41, 5.74) is 3.29. The van der Waals surface area contributed by atoms with Gasteiger partial charge in [-0.25, -0.2) is 4.98 Å². The molecule has 0 saturated heterocycles. The van der Waals surface area contributed by atoms with Gasteiger partial charge in [0.15, 0.2) is 5.13 Å². The van der Waals surface area contributed by atoms with E-state index in [1.165, 1.54) is 9.77 Å². The number of thiophene rings is 1. The van der Waals surface area contributed by atoms with Gasteiger partial charge in [0.05, 0.1) is 15.6 Å². The predicted molar refractivity (Wildman–Crippen MR) is 94.6 cm³/mol. The lowest BCUT2D eigenvalue weighted by atomic mass is 10.3. The zero-order valence-electron chi connectivity index (χ0n) is 10.6. The molecule has 0 saturated carbocycles. The van der Waals surface area contributed by atoms with Crippen molar-refractivity contribution in [3.05, 3.63) is 45.6 Å². The van der Waals surface area contributed by atoms with Crippen molar-refractivity contribution in [2.75, 3.05) is 11.6 Å². The van der Waals surface area contributed by atoms with Gasteiger partial charge in [0.1, 0.15) is 0 Å². The van der Waals surface area contributed by atoms with Gasteiger partial charge in [-0.2, -0.15) is 0 Å². The van der Waals surface area contributed by atoms with E-state index >= 15 is 0 Å². The number of halogens is 1. The first kappa shape index (κ1) is 14.1. The van der Waals surface area contributed by atoms with Crippen LogP contribution in [0.1, 0.15) is 0 Å². The molecule has 0 fully saturated rings. The normalized spacial score (nSPS) is 10.7. The zero-order chi connectivity index (χ0) is 13.9. The number of nitrogens with zero attached hydrogens (tertiary/aromatic N) is 1. The second kappa shape index (κ2) is 6.30. The lowest BCUT2D eigenvalue weighted by Crippen LogP contribution is -1.90. The third kappa shape index (κ3) is 2.93. The summed E-state index contributed by atoms with van der Waals surface area (Å²) < 4.78 is 2.35. The summed E-state index contributed by atoms with van der Waals surface area (Å²) >= 11 is 8.69. The molecule has 0 atom stereocenters. The zero-order valence-corrected chi connectivity index (χ0v) is 14.6. The van der Waals surface area contributed by atoms with E-state index in [2.05, 4.69) is 49.3 Å². The molecule has 1 aromatic carbocycles. The highest BCUT2D eigenvalue weighted by molar-refractivity contribution is 9.10. The van der Waals surface area contributed by atoms with Crippen LogP contribution in [-0.2, 0) is 0 Å². The van der Waals surface area contributed by atoms with Crippen LogP contribution < -0.4 is 5.32 Å². The Balaban J connectivity index is 1.86. The van der Waals surface area contributed by atoms with Crippen LogP contribution >= 0.6 is 50.4 Å². The maximum atomic E-state index is 4.68. The maximum Gasteiger partial charge on any atom is 0.187 e. The van der Waals surface area contributed by atoms with E-state index in [1.54, 1.807) is 34.4 Å². The summed E-state index contributed by atoms with van der Waals surface area (Å²) in [5.74, 6) is 0. The Morgan fingerprint density at radius 2 is 2.05 bits per heavy atom. The molecular formula is C14H11BrN2S3. The van der Waals surface area contributed by atoms with Crippen molar-refractivity contribution in [3.8, 4) is 11.3 Å². The highest BCUT2D eigenvalue weighted by atomic mass is 79.9. The van der Waals surface area contributed by atoms with Crippen LogP contribution in [0.5, 0.6) is 0 Å². The first-order valence-corrected chi connectivity index (χ1v) is 9.64. The lowest BCUT2D eigenvalue weighted by Gasteiger charge is -2.04. The molecule has 2 heterocycles. The molecule has 20 heavy (non-hydrogen) atoms. The van der Waals surface area contributed by atoms with Crippen LogP contribution in [0, 0.1) is 0 Å². The minimum Gasteiger partial charge on any atom is -0.331 e. The molecule has 0 aliphatic carbocycles. The SMILES string of the molecule is CSc1sccc1-c1csc(Nc2ccccc2Br)n1. The van der Waals surface area contributed by atoms with Gasteiger partial charge in [-0.15, -0.1) is 34.4 Å². The molecule has 0 aliphatic heterocycles. The van der Waals surface area contributed by atoms with Gasteiger partial charge in [0, 0.05) is 15.4 Å². The van der Waals surface area contributed by atoms with Crippen molar-refractivity contribution in [2.24, 2.45) is 0 Å². The Morgan fingerprint density at radius 1 is 1.20 bits per heavy atom. The van der Waals surface area contributed by atoms with Crippen LogP contribution in [0.25, 0.3) is 11.3 Å². The molecule has 2 nitrogen and oxygen atoms in total. The highest BCUT2D eigenvalue weighted by Crippen LogP contribution is 2.37. The fraction of sp³-hybridized carbons (Fsp3) is 0.0714. The molecule has 1 N–H and O–H groups in total. The average Bonchev–Trinajstić information content (AvgIpc) is 3.09. The van der Waals surface area contributed by atoms with Crippen LogP contribution in [0.15, 0.2) is 49.8 Å². The average molecular weight is 383 g/mol. The number of thioether (sulfide) groups is 1. The van der Waals surface area contributed by atoms with Gasteiger partial charge in [0.2, 0.25) is 0 Å². The Labute approximate surface area is 138 Å². The predicted octanol–water partition coefficient (Wildman–Crippen LogP) is 6.10. The minimum atomic E-state index is 0.908. The van der Waals surface area contributed by atoms with Crippen LogP contribution in [0.4, 0.5) is 10.8 Å². The number of benzene rings is 1. The molecule has 0 spiro atoms. The Morgan fingerprint density at radius 3 is 2.85 bits per heavy atom. The van der Waals surface area contributed by atoms with Gasteiger partial charge < -0.3 is 5.32 Å². The van der Waals surface area contributed by atoms with E-state index in [0.717, 1.165) is 21.0 Å². The van der Waals surface area contributed by atoms with Gasteiger partial charge in [-0.1, -0.05) is 12.1 Å². The fourth-order valence-electron chi connectivity index (χ4n) is 1.78. The molecule has 0 unspecified atom stereocenters. The van der Waals surface area contributed by atoms with Gasteiger partial charge in [-0.05, 0) is 45.8 Å². The summed E-state index contributed by atoms with van der Waals surface area (Å²) in [6, 6.07) is 10.2. The second-order valence-corrected chi connectivity index (χ2v) is 7.67. The molecule has 6 heteroatoms. The maximum absolute atomic E-state index is 4.68. The smallest absolute Gasteiger partial charge is 0.187 e. The number of thiazole rings is 1. The van der Waals surface area contributed by atoms with Crippen LogP contribution in [0.3, 0.4) is 0 Å². The van der Waals surface area contributed by atoms with Crippen molar-refractivity contribution in [2.45, 2.75) is 4.21 Å². The van der Waals surface area contributed by atoms with E-state index in [9.17, 15) is 0 Å². The van der Waals surface area contributed by atoms with E-state index in [0.29, 0.717) is 0 Å². The summed E-state index contributed by atoms with van der Waals surface area (Å²) in [6.45, 7) is 0. The van der Waals surface area contributed by atoms with Crippen molar-refractivity contribution < 1.29 is 0 Å². The standard InChI is InChI=1S/C14H11BrN2S3/c1-18-13-9(6-7-19-13)12-8-20-14(17-12)16-11-5-3-2-4-10(11)15/h2-8H,1H3,(H,16,17). The molecule has 2 aromatic heterocycles. The van der Waals surface area contributed by atoms with Gasteiger partial charge >= 0.3 is 0 Å². The van der Waals surface area contributed by atoms with Crippen molar-refractivity contribution in [1.29, 1.82) is 0 Å². The number of para-hydroxylation sites is 1. The highest BCUT2D eigenvalue weighted by Gasteiger charge is 2.10. The number of aromatic nitrogens is 1. The molecule has 0 amide bonds. The molecule has 0 bridgehead atoms. The number of anilines is 2. The van der Waals surface area contributed by atoms with Crippen LogP contribution in [-0.4, -0.2) is 11.2 Å². The number of hydrogen-bond acceptors (Lipinski definition) is 5. The lowest BCUT2D eigenvalue weighted by molar-refractivity contribution is 1.37. The molecule has 3 aromatic rings. The first-order chi connectivity index (χ1) is 9.78. The van der Waals surface area contributed by atoms with Crippen LogP contribution in [0.2, 0.25) is 0 Å². The number of rotatable bonds is 4. The number of nitrogens with one attached hydrogen (secondary N) is 1.